The molecule has 0 amide bonds. The van der Waals surface area contributed by atoms with E-state index in [1.54, 1.807) is 0 Å². The molecule has 0 bridgehead atoms. The number of furan rings is 1. The maximum absolute atomic E-state index is 6.05. The van der Waals surface area contributed by atoms with E-state index in [9.17, 15) is 0 Å². The highest BCUT2D eigenvalue weighted by molar-refractivity contribution is 9.08. The first-order chi connectivity index (χ1) is 9.38. The van der Waals surface area contributed by atoms with Gasteiger partial charge < -0.3 is 4.42 Å². The van der Waals surface area contributed by atoms with Gasteiger partial charge >= 0.3 is 0 Å². The van der Waals surface area contributed by atoms with Gasteiger partial charge in [0.2, 0.25) is 0 Å². The molecular formula is C17H13BrO. The lowest BCUT2D eigenvalue weighted by atomic mass is 10.1. The maximum atomic E-state index is 6.05. The summed E-state index contributed by atoms with van der Waals surface area (Å²) < 4.78 is 6.05. The second kappa shape index (κ2) is 5.45. The molecule has 3 rings (SSSR count). The molecule has 0 aliphatic carbocycles. The average molecular weight is 313 g/mol. The van der Waals surface area contributed by atoms with Crippen LogP contribution in [0.15, 0.2) is 71.1 Å². The van der Waals surface area contributed by atoms with Crippen molar-refractivity contribution in [2.75, 3.05) is 0 Å². The van der Waals surface area contributed by atoms with Gasteiger partial charge in [0.15, 0.2) is 0 Å². The van der Waals surface area contributed by atoms with Crippen LogP contribution in [0.3, 0.4) is 0 Å². The van der Waals surface area contributed by atoms with E-state index in [4.69, 9.17) is 4.42 Å². The Bertz CT molecular complexity index is 656. The molecule has 0 saturated carbocycles. The number of hydrogen-bond donors (Lipinski definition) is 0. The van der Waals surface area contributed by atoms with Gasteiger partial charge in [-0.3, -0.25) is 0 Å². The largest absolute Gasteiger partial charge is 0.456 e. The minimum atomic E-state index is 0.785. The van der Waals surface area contributed by atoms with Gasteiger partial charge in [-0.2, -0.15) is 0 Å². The highest BCUT2D eigenvalue weighted by atomic mass is 79.9. The SMILES string of the molecule is BrCc1cc(-c2ccccc2)oc1-c1ccccc1. The maximum Gasteiger partial charge on any atom is 0.138 e. The molecule has 1 heterocycles. The molecule has 94 valence electrons. The molecule has 0 spiro atoms. The van der Waals surface area contributed by atoms with Crippen LogP contribution < -0.4 is 0 Å². The molecule has 0 aliphatic rings. The molecule has 0 fully saturated rings. The van der Waals surface area contributed by atoms with E-state index >= 15 is 0 Å². The highest BCUT2D eigenvalue weighted by Crippen LogP contribution is 2.33. The molecule has 0 unspecified atom stereocenters. The molecule has 0 atom stereocenters. The van der Waals surface area contributed by atoms with Crippen molar-refractivity contribution in [3.8, 4) is 22.6 Å². The predicted octanol–water partition coefficient (Wildman–Crippen LogP) is 5.51. The zero-order valence-electron chi connectivity index (χ0n) is 10.3. The summed E-state index contributed by atoms with van der Waals surface area (Å²) in [6.45, 7) is 0. The first-order valence-electron chi connectivity index (χ1n) is 6.18. The number of benzene rings is 2. The van der Waals surface area contributed by atoms with Crippen molar-refractivity contribution >= 4 is 15.9 Å². The van der Waals surface area contributed by atoms with E-state index in [2.05, 4.69) is 46.3 Å². The summed E-state index contributed by atoms with van der Waals surface area (Å²) in [6, 6.07) is 22.5. The molecule has 3 aromatic rings. The number of alkyl halides is 1. The van der Waals surface area contributed by atoms with Crippen molar-refractivity contribution in [1.29, 1.82) is 0 Å². The Kier molecular flexibility index (Phi) is 3.51. The average Bonchev–Trinajstić information content (AvgIpc) is 2.93. The van der Waals surface area contributed by atoms with Gasteiger partial charge in [0.05, 0.1) is 0 Å². The summed E-state index contributed by atoms with van der Waals surface area (Å²) in [5, 5.41) is 0.785. The number of rotatable bonds is 3. The Morgan fingerprint density at radius 3 is 1.95 bits per heavy atom. The van der Waals surface area contributed by atoms with E-state index < -0.39 is 0 Å². The van der Waals surface area contributed by atoms with Gasteiger partial charge in [0.25, 0.3) is 0 Å². The Hall–Kier alpha value is -1.80. The molecule has 19 heavy (non-hydrogen) atoms. The molecule has 1 nitrogen and oxygen atoms in total. The predicted molar refractivity (Wildman–Crippen MR) is 82.2 cm³/mol. The minimum Gasteiger partial charge on any atom is -0.456 e. The van der Waals surface area contributed by atoms with Gasteiger partial charge in [-0.05, 0) is 6.07 Å². The quantitative estimate of drug-likeness (QED) is 0.581. The lowest BCUT2D eigenvalue weighted by Crippen LogP contribution is -1.78. The van der Waals surface area contributed by atoms with Gasteiger partial charge in [0, 0.05) is 22.0 Å². The van der Waals surface area contributed by atoms with Crippen LogP contribution in [0.4, 0.5) is 0 Å². The van der Waals surface area contributed by atoms with Gasteiger partial charge in [-0.1, -0.05) is 76.6 Å². The summed E-state index contributed by atoms with van der Waals surface area (Å²) in [5.41, 5.74) is 3.39. The zero-order chi connectivity index (χ0) is 13.1. The molecule has 2 heteroatoms. The van der Waals surface area contributed by atoms with Crippen LogP contribution in [-0.2, 0) is 5.33 Å². The molecule has 0 aliphatic heterocycles. The topological polar surface area (TPSA) is 13.1 Å². The van der Waals surface area contributed by atoms with Crippen molar-refractivity contribution in [1.82, 2.24) is 0 Å². The molecular weight excluding hydrogens is 300 g/mol. The van der Waals surface area contributed by atoms with Crippen molar-refractivity contribution < 1.29 is 4.42 Å². The third-order valence-corrected chi connectivity index (χ3v) is 3.65. The highest BCUT2D eigenvalue weighted by Gasteiger charge is 2.12. The lowest BCUT2D eigenvalue weighted by Gasteiger charge is -1.99. The Morgan fingerprint density at radius 2 is 1.37 bits per heavy atom. The smallest absolute Gasteiger partial charge is 0.138 e. The van der Waals surface area contributed by atoms with Gasteiger partial charge in [0.1, 0.15) is 11.5 Å². The van der Waals surface area contributed by atoms with Crippen LogP contribution in [-0.4, -0.2) is 0 Å². The monoisotopic (exact) mass is 312 g/mol. The third kappa shape index (κ3) is 2.49. The third-order valence-electron chi connectivity index (χ3n) is 3.05. The summed E-state index contributed by atoms with van der Waals surface area (Å²) in [7, 11) is 0. The molecule has 0 radical (unpaired) electrons. The van der Waals surface area contributed by atoms with Crippen LogP contribution >= 0.6 is 15.9 Å². The lowest BCUT2D eigenvalue weighted by molar-refractivity contribution is 0.595. The first-order valence-corrected chi connectivity index (χ1v) is 7.30. The van der Waals surface area contributed by atoms with Gasteiger partial charge in [-0.15, -0.1) is 0 Å². The Morgan fingerprint density at radius 1 is 0.789 bits per heavy atom. The summed E-state index contributed by atoms with van der Waals surface area (Å²) >= 11 is 3.53. The van der Waals surface area contributed by atoms with Crippen molar-refractivity contribution in [3.63, 3.8) is 0 Å². The molecule has 1 aromatic heterocycles. The zero-order valence-corrected chi connectivity index (χ0v) is 11.9. The van der Waals surface area contributed by atoms with Crippen LogP contribution in [0.25, 0.3) is 22.6 Å². The fraction of sp³-hybridized carbons (Fsp3) is 0.0588. The number of hydrogen-bond acceptors (Lipinski definition) is 1. The van der Waals surface area contributed by atoms with E-state index in [-0.39, 0.29) is 0 Å². The molecule has 0 saturated heterocycles. The van der Waals surface area contributed by atoms with Crippen LogP contribution in [0, 0.1) is 0 Å². The second-order valence-corrected chi connectivity index (χ2v) is 4.89. The van der Waals surface area contributed by atoms with E-state index in [0.717, 1.165) is 28.0 Å². The van der Waals surface area contributed by atoms with Crippen LogP contribution in [0.5, 0.6) is 0 Å². The normalized spacial score (nSPS) is 10.6. The Balaban J connectivity index is 2.09. The first kappa shape index (κ1) is 12.2. The minimum absolute atomic E-state index is 0.785. The molecule has 0 N–H and O–H groups in total. The summed E-state index contributed by atoms with van der Waals surface area (Å²) in [4.78, 5) is 0. The summed E-state index contributed by atoms with van der Waals surface area (Å²) in [6.07, 6.45) is 0. The van der Waals surface area contributed by atoms with E-state index in [0.29, 0.717) is 0 Å². The van der Waals surface area contributed by atoms with Crippen molar-refractivity contribution in [2.24, 2.45) is 0 Å². The van der Waals surface area contributed by atoms with Crippen LogP contribution in [0.2, 0.25) is 0 Å². The van der Waals surface area contributed by atoms with E-state index in [1.807, 2.05) is 36.4 Å². The standard InChI is InChI=1S/C17H13BrO/c18-12-15-11-16(13-7-3-1-4-8-13)19-17(15)14-9-5-2-6-10-14/h1-11H,12H2. The van der Waals surface area contributed by atoms with Crippen molar-refractivity contribution in [3.05, 3.63) is 72.3 Å². The fourth-order valence-corrected chi connectivity index (χ4v) is 2.52. The molecule has 2 aromatic carbocycles. The van der Waals surface area contributed by atoms with Gasteiger partial charge in [-0.25, -0.2) is 0 Å². The number of halogens is 1. The summed E-state index contributed by atoms with van der Waals surface area (Å²) in [5.74, 6) is 1.85. The Labute approximate surface area is 121 Å². The second-order valence-electron chi connectivity index (χ2n) is 4.33. The van der Waals surface area contributed by atoms with Crippen LogP contribution in [0.1, 0.15) is 5.56 Å². The van der Waals surface area contributed by atoms with E-state index in [1.165, 1.54) is 5.56 Å². The van der Waals surface area contributed by atoms with Crippen molar-refractivity contribution in [2.45, 2.75) is 5.33 Å². The fourth-order valence-electron chi connectivity index (χ4n) is 2.11.